The second-order valence-corrected chi connectivity index (χ2v) is 5.60. The van der Waals surface area contributed by atoms with Crippen LogP contribution >= 0.6 is 0 Å². The predicted octanol–water partition coefficient (Wildman–Crippen LogP) is 3.33. The van der Waals surface area contributed by atoms with Crippen LogP contribution in [0.3, 0.4) is 0 Å². The molecule has 1 saturated carbocycles. The molecule has 1 aliphatic rings. The molecule has 2 aromatic rings. The summed E-state index contributed by atoms with van der Waals surface area (Å²) in [4.78, 5) is 12.2. The average Bonchev–Trinajstić information content (AvgIpc) is 3.23. The molecule has 3 rings (SSSR count). The Bertz CT molecular complexity index is 736. The van der Waals surface area contributed by atoms with Gasteiger partial charge in [0.1, 0.15) is 17.1 Å². The fraction of sp³-hybridized carbons (Fsp3) is 0.375. The third-order valence-electron chi connectivity index (χ3n) is 3.78. The first-order valence-electron chi connectivity index (χ1n) is 7.16. The number of hydrogen-bond donors (Lipinski definition) is 0. The fourth-order valence-corrected chi connectivity index (χ4v) is 2.38. The summed E-state index contributed by atoms with van der Waals surface area (Å²) in [6.07, 6.45) is 2.18. The molecule has 0 unspecified atom stereocenters. The molecule has 0 bridgehead atoms. The second kappa shape index (κ2) is 5.51. The van der Waals surface area contributed by atoms with Gasteiger partial charge in [0.15, 0.2) is 5.82 Å². The number of halogens is 2. The lowest BCUT2D eigenvalue weighted by Crippen LogP contribution is -2.10. The molecule has 6 heteroatoms. The highest BCUT2D eigenvalue weighted by atomic mass is 19.1. The predicted molar refractivity (Wildman–Crippen MR) is 76.0 cm³/mol. The van der Waals surface area contributed by atoms with E-state index < -0.39 is 17.6 Å². The SMILES string of the molecule is Cc1nn(-c2ccc(F)cc2F)c(C)c1C(=O)OCC1CC1. The van der Waals surface area contributed by atoms with Gasteiger partial charge >= 0.3 is 5.97 Å². The zero-order valence-corrected chi connectivity index (χ0v) is 12.4. The Morgan fingerprint density at radius 3 is 2.73 bits per heavy atom. The maximum absolute atomic E-state index is 13.9. The van der Waals surface area contributed by atoms with Crippen molar-refractivity contribution in [3.05, 3.63) is 46.8 Å². The van der Waals surface area contributed by atoms with Gasteiger partial charge in [0.05, 0.1) is 18.0 Å². The summed E-state index contributed by atoms with van der Waals surface area (Å²) in [6.45, 7) is 3.74. The minimum absolute atomic E-state index is 0.100. The topological polar surface area (TPSA) is 44.1 Å². The molecule has 0 N–H and O–H groups in total. The lowest BCUT2D eigenvalue weighted by atomic mass is 10.2. The molecule has 22 heavy (non-hydrogen) atoms. The molecule has 1 aromatic heterocycles. The molecule has 1 fully saturated rings. The molecule has 0 spiro atoms. The molecular weight excluding hydrogens is 290 g/mol. The molecule has 0 radical (unpaired) electrons. The van der Waals surface area contributed by atoms with Gasteiger partial charge < -0.3 is 4.74 Å². The molecule has 1 heterocycles. The molecule has 0 amide bonds. The summed E-state index contributed by atoms with van der Waals surface area (Å²) < 4.78 is 33.5. The van der Waals surface area contributed by atoms with Crippen LogP contribution < -0.4 is 0 Å². The van der Waals surface area contributed by atoms with E-state index in [2.05, 4.69) is 5.10 Å². The number of rotatable bonds is 4. The normalized spacial score (nSPS) is 14.2. The first kappa shape index (κ1) is 14.7. The summed E-state index contributed by atoms with van der Waals surface area (Å²) in [5.74, 6) is -1.37. The van der Waals surface area contributed by atoms with Gasteiger partial charge in [-0.2, -0.15) is 5.10 Å². The number of ether oxygens (including phenoxy) is 1. The van der Waals surface area contributed by atoms with Crippen LogP contribution in [0.15, 0.2) is 18.2 Å². The van der Waals surface area contributed by atoms with Crippen molar-refractivity contribution in [3.63, 3.8) is 0 Å². The Hall–Kier alpha value is -2.24. The van der Waals surface area contributed by atoms with Gasteiger partial charge in [-0.15, -0.1) is 0 Å². The van der Waals surface area contributed by atoms with Crippen LogP contribution in [-0.2, 0) is 4.74 Å². The Morgan fingerprint density at radius 1 is 1.36 bits per heavy atom. The molecule has 116 valence electrons. The minimum Gasteiger partial charge on any atom is -0.462 e. The smallest absolute Gasteiger partial charge is 0.341 e. The lowest BCUT2D eigenvalue weighted by molar-refractivity contribution is 0.0484. The Labute approximate surface area is 126 Å². The number of hydrogen-bond acceptors (Lipinski definition) is 3. The molecular formula is C16H16F2N2O2. The van der Waals surface area contributed by atoms with Crippen molar-refractivity contribution >= 4 is 5.97 Å². The highest BCUT2D eigenvalue weighted by Crippen LogP contribution is 2.29. The van der Waals surface area contributed by atoms with Gasteiger partial charge in [-0.3, -0.25) is 0 Å². The summed E-state index contributed by atoms with van der Waals surface area (Å²) in [5.41, 5.74) is 1.37. The van der Waals surface area contributed by atoms with Crippen molar-refractivity contribution < 1.29 is 18.3 Å². The van der Waals surface area contributed by atoms with E-state index in [1.807, 2.05) is 0 Å². The van der Waals surface area contributed by atoms with Crippen LogP contribution in [0.5, 0.6) is 0 Å². The van der Waals surface area contributed by atoms with E-state index in [4.69, 9.17) is 4.74 Å². The van der Waals surface area contributed by atoms with Crippen molar-refractivity contribution in [1.82, 2.24) is 9.78 Å². The summed E-state index contributed by atoms with van der Waals surface area (Å²) in [6, 6.07) is 3.24. The van der Waals surface area contributed by atoms with E-state index in [-0.39, 0.29) is 5.69 Å². The highest BCUT2D eigenvalue weighted by molar-refractivity contribution is 5.92. The average molecular weight is 306 g/mol. The molecule has 1 aliphatic carbocycles. The monoisotopic (exact) mass is 306 g/mol. The van der Waals surface area contributed by atoms with Crippen LogP contribution in [-0.4, -0.2) is 22.4 Å². The zero-order chi connectivity index (χ0) is 15.9. The quantitative estimate of drug-likeness (QED) is 0.814. The van der Waals surface area contributed by atoms with Gasteiger partial charge in [-0.1, -0.05) is 0 Å². The van der Waals surface area contributed by atoms with Crippen molar-refractivity contribution in [2.24, 2.45) is 5.92 Å². The fourth-order valence-electron chi connectivity index (χ4n) is 2.38. The van der Waals surface area contributed by atoms with Crippen LogP contribution in [0.1, 0.15) is 34.6 Å². The minimum atomic E-state index is -0.733. The molecule has 0 saturated heterocycles. The van der Waals surface area contributed by atoms with Gasteiger partial charge in [0.25, 0.3) is 0 Å². The molecule has 4 nitrogen and oxygen atoms in total. The third kappa shape index (κ3) is 2.73. The van der Waals surface area contributed by atoms with E-state index in [1.165, 1.54) is 10.7 Å². The van der Waals surface area contributed by atoms with Crippen LogP contribution in [0.4, 0.5) is 8.78 Å². The van der Waals surface area contributed by atoms with Crippen molar-refractivity contribution in [2.75, 3.05) is 6.61 Å². The van der Waals surface area contributed by atoms with Gasteiger partial charge in [0.2, 0.25) is 0 Å². The van der Waals surface area contributed by atoms with E-state index in [0.717, 1.165) is 25.0 Å². The van der Waals surface area contributed by atoms with Crippen LogP contribution in [0.25, 0.3) is 5.69 Å². The van der Waals surface area contributed by atoms with E-state index in [0.29, 0.717) is 29.5 Å². The number of aromatic nitrogens is 2. The molecule has 0 atom stereocenters. The van der Waals surface area contributed by atoms with Crippen LogP contribution in [0, 0.1) is 31.4 Å². The largest absolute Gasteiger partial charge is 0.462 e. The number of aryl methyl sites for hydroxylation is 1. The number of carbonyl (C=O) groups excluding carboxylic acids is 1. The highest BCUT2D eigenvalue weighted by Gasteiger charge is 2.26. The summed E-state index contributed by atoms with van der Waals surface area (Å²) >= 11 is 0. The van der Waals surface area contributed by atoms with E-state index in [9.17, 15) is 13.6 Å². The molecule has 1 aromatic carbocycles. The Balaban J connectivity index is 1.93. The van der Waals surface area contributed by atoms with Crippen LogP contribution in [0.2, 0.25) is 0 Å². The van der Waals surface area contributed by atoms with Crippen molar-refractivity contribution in [1.29, 1.82) is 0 Å². The molecule has 0 aliphatic heterocycles. The van der Waals surface area contributed by atoms with Crippen molar-refractivity contribution in [2.45, 2.75) is 26.7 Å². The number of benzene rings is 1. The number of esters is 1. The second-order valence-electron chi connectivity index (χ2n) is 5.60. The lowest BCUT2D eigenvalue weighted by Gasteiger charge is -2.07. The summed E-state index contributed by atoms with van der Waals surface area (Å²) in [7, 11) is 0. The first-order valence-corrected chi connectivity index (χ1v) is 7.16. The van der Waals surface area contributed by atoms with E-state index in [1.54, 1.807) is 13.8 Å². The maximum atomic E-state index is 13.9. The number of carbonyl (C=O) groups is 1. The Kier molecular flexibility index (Phi) is 3.68. The standard InChI is InChI=1S/C16H16F2N2O2/c1-9-15(16(21)22-8-11-3-4-11)10(2)20(19-9)14-6-5-12(17)7-13(14)18/h5-7,11H,3-4,8H2,1-2H3. The van der Waals surface area contributed by atoms with E-state index >= 15 is 0 Å². The van der Waals surface area contributed by atoms with Gasteiger partial charge in [-0.25, -0.2) is 18.3 Å². The third-order valence-corrected chi connectivity index (χ3v) is 3.78. The van der Waals surface area contributed by atoms with Gasteiger partial charge in [-0.05, 0) is 44.7 Å². The summed E-state index contributed by atoms with van der Waals surface area (Å²) in [5, 5.41) is 4.19. The zero-order valence-electron chi connectivity index (χ0n) is 12.4. The first-order chi connectivity index (χ1) is 10.5. The number of nitrogens with zero attached hydrogens (tertiary/aromatic N) is 2. The maximum Gasteiger partial charge on any atom is 0.341 e. The van der Waals surface area contributed by atoms with Crippen molar-refractivity contribution in [3.8, 4) is 5.69 Å². The van der Waals surface area contributed by atoms with Gasteiger partial charge in [0, 0.05) is 6.07 Å². The Morgan fingerprint density at radius 2 is 2.09 bits per heavy atom.